The highest BCUT2D eigenvalue weighted by molar-refractivity contribution is 5.53. The highest BCUT2D eigenvalue weighted by Crippen LogP contribution is 2.27. The minimum atomic E-state index is -4.69. The second-order valence-electron chi connectivity index (χ2n) is 4.17. The molecule has 0 aromatic heterocycles. The molecule has 2 aromatic rings. The van der Waals surface area contributed by atoms with Crippen molar-refractivity contribution in [1.29, 1.82) is 0 Å². The maximum Gasteiger partial charge on any atom is 0.573 e. The lowest BCUT2D eigenvalue weighted by atomic mass is 10.1. The monoisotopic (exact) mass is 280 g/mol. The van der Waals surface area contributed by atoms with E-state index in [1.54, 1.807) is 12.1 Å². The molecule has 0 atom stereocenters. The van der Waals surface area contributed by atoms with Gasteiger partial charge in [-0.2, -0.15) is 0 Å². The number of benzene rings is 2. The van der Waals surface area contributed by atoms with E-state index < -0.39 is 6.36 Å². The van der Waals surface area contributed by atoms with Crippen LogP contribution in [0.25, 0.3) is 0 Å². The van der Waals surface area contributed by atoms with Crippen LogP contribution < -0.4 is 10.1 Å². The van der Waals surface area contributed by atoms with Crippen LogP contribution in [0.4, 0.5) is 18.9 Å². The van der Waals surface area contributed by atoms with Crippen molar-refractivity contribution in [1.82, 2.24) is 0 Å². The van der Waals surface area contributed by atoms with Gasteiger partial charge in [-0.1, -0.05) is 36.4 Å². The third-order valence-corrected chi connectivity index (χ3v) is 2.68. The number of hydrogen-bond donors (Lipinski definition) is 1. The standard InChI is InChI=1S/C15H13F3NO/c1-11-6-2-4-8-13(11)19-10-12-7-3-5-9-14(12)20-15(16,17)18/h2-9,19H,1,10H2. The number of halogens is 3. The Balaban J connectivity index is 2.12. The summed E-state index contributed by atoms with van der Waals surface area (Å²) in [4.78, 5) is 0. The number of rotatable bonds is 4. The lowest BCUT2D eigenvalue weighted by Crippen LogP contribution is -2.18. The Hall–Kier alpha value is -2.17. The van der Waals surface area contributed by atoms with E-state index in [-0.39, 0.29) is 12.3 Å². The number of para-hydroxylation sites is 2. The Labute approximate surface area is 115 Å². The fourth-order valence-electron chi connectivity index (χ4n) is 1.76. The summed E-state index contributed by atoms with van der Waals surface area (Å²) < 4.78 is 40.9. The van der Waals surface area contributed by atoms with Gasteiger partial charge >= 0.3 is 6.36 Å². The van der Waals surface area contributed by atoms with Crippen LogP contribution in [0.3, 0.4) is 0 Å². The molecule has 2 nitrogen and oxygen atoms in total. The third-order valence-electron chi connectivity index (χ3n) is 2.68. The van der Waals surface area contributed by atoms with Gasteiger partial charge in [0, 0.05) is 17.8 Å². The molecule has 0 amide bonds. The normalized spacial score (nSPS) is 11.2. The lowest BCUT2D eigenvalue weighted by Gasteiger charge is -2.14. The van der Waals surface area contributed by atoms with Crippen molar-refractivity contribution >= 4 is 5.69 Å². The van der Waals surface area contributed by atoms with Gasteiger partial charge in [0.25, 0.3) is 0 Å². The Bertz CT molecular complexity index is 581. The van der Waals surface area contributed by atoms with E-state index in [0.29, 0.717) is 5.56 Å². The molecule has 1 radical (unpaired) electrons. The number of ether oxygens (including phenoxy) is 1. The van der Waals surface area contributed by atoms with Crippen LogP contribution in [0.5, 0.6) is 5.75 Å². The van der Waals surface area contributed by atoms with Gasteiger partial charge in [-0.25, -0.2) is 0 Å². The zero-order chi connectivity index (χ0) is 14.6. The van der Waals surface area contributed by atoms with Crippen molar-refractivity contribution in [2.45, 2.75) is 12.9 Å². The molecular weight excluding hydrogens is 267 g/mol. The van der Waals surface area contributed by atoms with E-state index in [0.717, 1.165) is 11.3 Å². The van der Waals surface area contributed by atoms with E-state index >= 15 is 0 Å². The fourth-order valence-corrected chi connectivity index (χ4v) is 1.76. The summed E-state index contributed by atoms with van der Waals surface area (Å²) in [6.45, 7) is 4.06. The van der Waals surface area contributed by atoms with E-state index in [4.69, 9.17) is 0 Å². The van der Waals surface area contributed by atoms with Gasteiger partial charge in [0.15, 0.2) is 0 Å². The highest BCUT2D eigenvalue weighted by Gasteiger charge is 2.31. The maximum absolute atomic E-state index is 12.3. The summed E-state index contributed by atoms with van der Waals surface area (Å²) in [6, 6.07) is 13.3. The minimum Gasteiger partial charge on any atom is -0.405 e. The highest BCUT2D eigenvalue weighted by atomic mass is 19.4. The van der Waals surface area contributed by atoms with Crippen molar-refractivity contribution in [2.24, 2.45) is 0 Å². The number of hydrogen-bond acceptors (Lipinski definition) is 2. The van der Waals surface area contributed by atoms with E-state index in [2.05, 4.69) is 17.0 Å². The van der Waals surface area contributed by atoms with Crippen LogP contribution in [0, 0.1) is 6.92 Å². The molecule has 0 saturated heterocycles. The molecule has 1 N–H and O–H groups in total. The summed E-state index contributed by atoms with van der Waals surface area (Å²) in [7, 11) is 0. The molecule has 2 aromatic carbocycles. The summed E-state index contributed by atoms with van der Waals surface area (Å²) >= 11 is 0. The maximum atomic E-state index is 12.3. The van der Waals surface area contributed by atoms with Crippen LogP contribution in [-0.4, -0.2) is 6.36 Å². The third kappa shape index (κ3) is 3.91. The van der Waals surface area contributed by atoms with Crippen LogP contribution in [0.2, 0.25) is 0 Å². The molecule has 0 heterocycles. The topological polar surface area (TPSA) is 21.3 Å². The zero-order valence-electron chi connectivity index (χ0n) is 10.6. The molecule has 0 spiro atoms. The Morgan fingerprint density at radius 2 is 1.65 bits per heavy atom. The second kappa shape index (κ2) is 5.86. The quantitative estimate of drug-likeness (QED) is 0.897. The Morgan fingerprint density at radius 1 is 1.00 bits per heavy atom. The summed E-state index contributed by atoms with van der Waals surface area (Å²) in [5, 5.41) is 3.05. The molecule has 0 aliphatic carbocycles. The van der Waals surface area contributed by atoms with Gasteiger partial charge in [-0.3, -0.25) is 0 Å². The van der Waals surface area contributed by atoms with Crippen LogP contribution in [0.15, 0.2) is 48.5 Å². The van der Waals surface area contributed by atoms with E-state index in [9.17, 15) is 13.2 Å². The van der Waals surface area contributed by atoms with Crippen molar-refractivity contribution in [3.05, 3.63) is 66.6 Å². The SMILES string of the molecule is [CH2]c1ccccc1NCc1ccccc1OC(F)(F)F. The van der Waals surface area contributed by atoms with Crippen LogP contribution in [-0.2, 0) is 6.54 Å². The molecule has 0 fully saturated rings. The van der Waals surface area contributed by atoms with Crippen LogP contribution in [0.1, 0.15) is 11.1 Å². The largest absolute Gasteiger partial charge is 0.573 e. The van der Waals surface area contributed by atoms with E-state index in [1.807, 2.05) is 24.3 Å². The molecule has 20 heavy (non-hydrogen) atoms. The number of alkyl halides is 3. The molecule has 0 aliphatic rings. The van der Waals surface area contributed by atoms with Gasteiger partial charge in [-0.15, -0.1) is 13.2 Å². The molecule has 0 bridgehead atoms. The van der Waals surface area contributed by atoms with E-state index in [1.165, 1.54) is 12.1 Å². The second-order valence-corrected chi connectivity index (χ2v) is 4.17. The van der Waals surface area contributed by atoms with Crippen molar-refractivity contribution in [3.8, 4) is 5.75 Å². The first-order valence-corrected chi connectivity index (χ1v) is 5.94. The van der Waals surface area contributed by atoms with Crippen molar-refractivity contribution < 1.29 is 17.9 Å². The van der Waals surface area contributed by atoms with Crippen LogP contribution >= 0.6 is 0 Å². The van der Waals surface area contributed by atoms with Gasteiger partial charge in [0.2, 0.25) is 0 Å². The Morgan fingerprint density at radius 3 is 2.35 bits per heavy atom. The summed E-state index contributed by atoms with van der Waals surface area (Å²) in [6.07, 6.45) is -4.69. The molecule has 0 aliphatic heterocycles. The van der Waals surface area contributed by atoms with Crippen molar-refractivity contribution in [3.63, 3.8) is 0 Å². The Kier molecular flexibility index (Phi) is 4.17. The fraction of sp³-hybridized carbons (Fsp3) is 0.133. The molecule has 105 valence electrons. The molecule has 0 unspecified atom stereocenters. The predicted octanol–water partition coefficient (Wildman–Crippen LogP) is 4.38. The smallest absolute Gasteiger partial charge is 0.405 e. The summed E-state index contributed by atoms with van der Waals surface area (Å²) in [5.74, 6) is -0.200. The molecule has 2 rings (SSSR count). The van der Waals surface area contributed by atoms with Gasteiger partial charge < -0.3 is 10.1 Å². The first-order chi connectivity index (χ1) is 9.46. The molecule has 5 heteroatoms. The zero-order valence-corrected chi connectivity index (χ0v) is 10.6. The molecule has 0 saturated carbocycles. The predicted molar refractivity (Wildman–Crippen MR) is 71.4 cm³/mol. The lowest BCUT2D eigenvalue weighted by molar-refractivity contribution is -0.274. The minimum absolute atomic E-state index is 0.200. The van der Waals surface area contributed by atoms with Crippen molar-refractivity contribution in [2.75, 3.05) is 5.32 Å². The molecular formula is C15H13F3NO. The first-order valence-electron chi connectivity index (χ1n) is 5.94. The van der Waals surface area contributed by atoms with Gasteiger partial charge in [0.05, 0.1) is 0 Å². The van der Waals surface area contributed by atoms with Gasteiger partial charge in [0.1, 0.15) is 5.75 Å². The summed E-state index contributed by atoms with van der Waals surface area (Å²) in [5.41, 5.74) is 1.98. The average molecular weight is 280 g/mol. The average Bonchev–Trinajstić information content (AvgIpc) is 2.37. The number of nitrogens with one attached hydrogen (secondary N) is 1. The van der Waals surface area contributed by atoms with Gasteiger partial charge in [-0.05, 0) is 24.6 Å². The number of anilines is 1. The first kappa shape index (κ1) is 14.2.